The zero-order valence-corrected chi connectivity index (χ0v) is 12.3. The van der Waals surface area contributed by atoms with Crippen molar-refractivity contribution in [2.45, 2.75) is 25.8 Å². The van der Waals surface area contributed by atoms with Gasteiger partial charge in [-0.05, 0) is 43.0 Å². The molecule has 2 unspecified atom stereocenters. The molecule has 102 valence electrons. The van der Waals surface area contributed by atoms with Crippen molar-refractivity contribution in [3.05, 3.63) is 34.3 Å². The van der Waals surface area contributed by atoms with E-state index >= 15 is 0 Å². The van der Waals surface area contributed by atoms with E-state index in [1.807, 2.05) is 6.92 Å². The lowest BCUT2D eigenvalue weighted by molar-refractivity contribution is -0.145. The molecule has 19 heavy (non-hydrogen) atoms. The summed E-state index contributed by atoms with van der Waals surface area (Å²) >= 11 is 3.32. The third-order valence-electron chi connectivity index (χ3n) is 3.54. The molecule has 2 atom stereocenters. The van der Waals surface area contributed by atoms with E-state index in [0.717, 1.165) is 17.3 Å². The second-order valence-corrected chi connectivity index (χ2v) is 5.82. The van der Waals surface area contributed by atoms with Gasteiger partial charge in [0.05, 0.1) is 0 Å². The molecule has 0 saturated carbocycles. The predicted molar refractivity (Wildman–Crippen MR) is 75.0 cm³/mol. The first-order valence-corrected chi connectivity index (χ1v) is 7.09. The van der Waals surface area contributed by atoms with Gasteiger partial charge in [-0.25, -0.2) is 4.79 Å². The lowest BCUT2D eigenvalue weighted by Gasteiger charge is -2.37. The number of rotatable bonds is 2. The van der Waals surface area contributed by atoms with Crippen LogP contribution in [0.25, 0.3) is 0 Å². The molecule has 1 saturated heterocycles. The fourth-order valence-electron chi connectivity index (χ4n) is 2.55. The van der Waals surface area contributed by atoms with Gasteiger partial charge >= 0.3 is 5.97 Å². The Morgan fingerprint density at radius 3 is 2.53 bits per heavy atom. The van der Waals surface area contributed by atoms with Crippen molar-refractivity contribution in [1.82, 2.24) is 4.90 Å². The molecule has 5 heteroatoms. The maximum absolute atomic E-state index is 12.4. The first-order valence-electron chi connectivity index (χ1n) is 6.30. The number of piperidine rings is 1. The Kier molecular flexibility index (Phi) is 4.24. The van der Waals surface area contributed by atoms with Gasteiger partial charge in [0.1, 0.15) is 6.04 Å². The summed E-state index contributed by atoms with van der Waals surface area (Å²) < 4.78 is 0.894. The number of hydrogen-bond acceptors (Lipinski definition) is 2. The van der Waals surface area contributed by atoms with Crippen molar-refractivity contribution >= 4 is 27.8 Å². The van der Waals surface area contributed by atoms with Crippen LogP contribution in [0.5, 0.6) is 0 Å². The van der Waals surface area contributed by atoms with E-state index in [9.17, 15) is 14.7 Å². The summed E-state index contributed by atoms with van der Waals surface area (Å²) in [4.78, 5) is 25.3. The second-order valence-electron chi connectivity index (χ2n) is 4.91. The molecule has 0 aliphatic carbocycles. The largest absolute Gasteiger partial charge is 0.480 e. The van der Waals surface area contributed by atoms with E-state index < -0.39 is 12.0 Å². The topological polar surface area (TPSA) is 57.6 Å². The fraction of sp³-hybridized carbons (Fsp3) is 0.429. The number of likely N-dealkylation sites (tertiary alicyclic amines) is 1. The molecule has 0 spiro atoms. The first kappa shape index (κ1) is 14.1. The van der Waals surface area contributed by atoms with Crippen LogP contribution in [0.3, 0.4) is 0 Å². The summed E-state index contributed by atoms with van der Waals surface area (Å²) in [6.07, 6.45) is 1.70. The van der Waals surface area contributed by atoms with Crippen molar-refractivity contribution < 1.29 is 14.7 Å². The highest BCUT2D eigenvalue weighted by Crippen LogP contribution is 2.25. The number of aliphatic carboxylic acids is 1. The number of carboxylic acids is 1. The minimum Gasteiger partial charge on any atom is -0.480 e. The minimum absolute atomic E-state index is 0.00866. The number of carbonyl (C=O) groups is 2. The Bertz CT molecular complexity index is 486. The number of hydrogen-bond donors (Lipinski definition) is 1. The molecule has 1 amide bonds. The monoisotopic (exact) mass is 325 g/mol. The van der Waals surface area contributed by atoms with Gasteiger partial charge in [-0.3, -0.25) is 4.79 Å². The summed E-state index contributed by atoms with van der Waals surface area (Å²) in [7, 11) is 0. The third kappa shape index (κ3) is 2.97. The van der Waals surface area contributed by atoms with Crippen LogP contribution < -0.4 is 0 Å². The van der Waals surface area contributed by atoms with Crippen molar-refractivity contribution in [2.24, 2.45) is 5.92 Å². The normalized spacial score (nSPS) is 23.2. The molecule has 1 heterocycles. The average molecular weight is 326 g/mol. The highest BCUT2D eigenvalue weighted by Gasteiger charge is 2.37. The van der Waals surface area contributed by atoms with Crippen molar-refractivity contribution in [3.63, 3.8) is 0 Å². The van der Waals surface area contributed by atoms with Crippen molar-refractivity contribution in [3.8, 4) is 0 Å². The number of carbonyl (C=O) groups excluding carboxylic acids is 1. The highest BCUT2D eigenvalue weighted by molar-refractivity contribution is 9.10. The molecule has 1 aromatic rings. The number of amides is 1. The van der Waals surface area contributed by atoms with Gasteiger partial charge in [0.15, 0.2) is 0 Å². The molecule has 1 fully saturated rings. The van der Waals surface area contributed by atoms with Crippen molar-refractivity contribution in [2.75, 3.05) is 6.54 Å². The molecular weight excluding hydrogens is 310 g/mol. The van der Waals surface area contributed by atoms with Gasteiger partial charge in [-0.1, -0.05) is 22.9 Å². The molecule has 1 aromatic carbocycles. The molecule has 1 N–H and O–H groups in total. The van der Waals surface area contributed by atoms with E-state index in [4.69, 9.17) is 0 Å². The first-order chi connectivity index (χ1) is 9.00. The zero-order chi connectivity index (χ0) is 14.0. The summed E-state index contributed by atoms with van der Waals surface area (Å²) in [6, 6.07) is 6.28. The van der Waals surface area contributed by atoms with Gasteiger partial charge in [-0.15, -0.1) is 0 Å². The minimum atomic E-state index is -0.919. The fourth-order valence-corrected chi connectivity index (χ4v) is 2.81. The zero-order valence-electron chi connectivity index (χ0n) is 10.7. The molecular formula is C14H16BrNO3. The van der Waals surface area contributed by atoms with Crippen LogP contribution >= 0.6 is 15.9 Å². The van der Waals surface area contributed by atoms with E-state index in [-0.39, 0.29) is 11.8 Å². The molecule has 2 rings (SSSR count). The van der Waals surface area contributed by atoms with Crippen LogP contribution in [0.4, 0.5) is 0 Å². The Morgan fingerprint density at radius 1 is 1.32 bits per heavy atom. The Hall–Kier alpha value is -1.36. The van der Waals surface area contributed by atoms with Gasteiger partial charge < -0.3 is 10.0 Å². The van der Waals surface area contributed by atoms with Gasteiger partial charge in [0, 0.05) is 16.6 Å². The maximum Gasteiger partial charge on any atom is 0.326 e. The van der Waals surface area contributed by atoms with Crippen LogP contribution in [-0.4, -0.2) is 34.5 Å². The van der Waals surface area contributed by atoms with Crippen LogP contribution in [-0.2, 0) is 4.79 Å². The van der Waals surface area contributed by atoms with Gasteiger partial charge in [0.2, 0.25) is 0 Å². The van der Waals surface area contributed by atoms with Crippen LogP contribution in [0.1, 0.15) is 30.1 Å². The van der Waals surface area contributed by atoms with E-state index in [1.54, 1.807) is 24.3 Å². The second kappa shape index (κ2) is 5.74. The Labute approximate surface area is 120 Å². The molecule has 0 radical (unpaired) electrons. The Balaban J connectivity index is 2.25. The smallest absolute Gasteiger partial charge is 0.326 e. The van der Waals surface area contributed by atoms with E-state index in [0.29, 0.717) is 12.1 Å². The Morgan fingerprint density at radius 2 is 1.95 bits per heavy atom. The molecule has 4 nitrogen and oxygen atoms in total. The number of halogens is 1. The summed E-state index contributed by atoms with van der Waals surface area (Å²) in [5.41, 5.74) is 0.531. The van der Waals surface area contributed by atoms with Gasteiger partial charge in [-0.2, -0.15) is 0 Å². The number of nitrogens with zero attached hydrogens (tertiary/aromatic N) is 1. The highest BCUT2D eigenvalue weighted by atomic mass is 79.9. The molecule has 0 aromatic heterocycles. The van der Waals surface area contributed by atoms with E-state index in [1.165, 1.54) is 4.90 Å². The van der Waals surface area contributed by atoms with Crippen LogP contribution in [0, 0.1) is 5.92 Å². The number of carboxylic acid groups (broad SMARTS) is 1. The van der Waals surface area contributed by atoms with Gasteiger partial charge in [0.25, 0.3) is 5.91 Å². The quantitative estimate of drug-likeness (QED) is 0.909. The maximum atomic E-state index is 12.4. The lowest BCUT2D eigenvalue weighted by Crippen LogP contribution is -2.51. The van der Waals surface area contributed by atoms with Crippen molar-refractivity contribution in [1.29, 1.82) is 0 Å². The molecule has 0 bridgehead atoms. The van der Waals surface area contributed by atoms with Crippen LogP contribution in [0.15, 0.2) is 28.7 Å². The third-order valence-corrected chi connectivity index (χ3v) is 4.07. The molecule has 1 aliphatic heterocycles. The van der Waals surface area contributed by atoms with E-state index in [2.05, 4.69) is 15.9 Å². The summed E-state index contributed by atoms with van der Waals surface area (Å²) in [6.45, 7) is 2.40. The summed E-state index contributed by atoms with van der Waals surface area (Å²) in [5, 5.41) is 9.32. The molecule has 1 aliphatic rings. The average Bonchev–Trinajstić information content (AvgIpc) is 2.38. The standard InChI is InChI=1S/C14H16BrNO3/c1-9-3-2-8-16(12(9)14(18)19)13(17)10-4-6-11(15)7-5-10/h4-7,9,12H,2-3,8H2,1H3,(H,18,19). The predicted octanol–water partition coefficient (Wildman–Crippen LogP) is 2.77. The SMILES string of the molecule is CC1CCCN(C(=O)c2ccc(Br)cc2)C1C(=O)O. The number of benzene rings is 1. The summed E-state index contributed by atoms with van der Waals surface area (Å²) in [5.74, 6) is -1.13. The lowest BCUT2D eigenvalue weighted by atomic mass is 9.90. The van der Waals surface area contributed by atoms with Crippen LogP contribution in [0.2, 0.25) is 0 Å².